The van der Waals surface area contributed by atoms with Crippen LogP contribution in [0.1, 0.15) is 37.8 Å². The number of piperidine rings is 1. The lowest BCUT2D eigenvalue weighted by molar-refractivity contribution is -0.138. The molecule has 0 unspecified atom stereocenters. The number of alkyl halides is 3. The van der Waals surface area contributed by atoms with E-state index in [2.05, 4.69) is 36.3 Å². The molecule has 0 bridgehead atoms. The fourth-order valence-electron chi connectivity index (χ4n) is 4.90. The zero-order chi connectivity index (χ0) is 23.6. The first-order valence-corrected chi connectivity index (χ1v) is 11.5. The molecule has 0 radical (unpaired) electrons. The molecule has 4 nitrogen and oxygen atoms in total. The van der Waals surface area contributed by atoms with Gasteiger partial charge in [-0.15, -0.1) is 5.06 Å². The quantitative estimate of drug-likeness (QED) is 0.663. The van der Waals surface area contributed by atoms with E-state index in [-0.39, 0.29) is 17.8 Å². The average Bonchev–Trinajstić information content (AvgIpc) is 2.78. The number of hydrogen-bond acceptors (Lipinski definition) is 4. The minimum Gasteiger partial charge on any atom is -0.405 e. The smallest absolute Gasteiger partial charge is 0.405 e. The first-order chi connectivity index (χ1) is 15.7. The Morgan fingerprint density at radius 3 is 2.48 bits per heavy atom. The van der Waals surface area contributed by atoms with Crippen molar-refractivity contribution in [3.05, 3.63) is 71.3 Å². The van der Waals surface area contributed by atoms with Crippen molar-refractivity contribution in [2.24, 2.45) is 0 Å². The van der Waals surface area contributed by atoms with Crippen LogP contribution in [0.25, 0.3) is 5.57 Å². The van der Waals surface area contributed by atoms with E-state index in [1.165, 1.54) is 17.2 Å². The lowest BCUT2D eigenvalue weighted by Crippen LogP contribution is -2.56. The van der Waals surface area contributed by atoms with Crippen LogP contribution in [0.3, 0.4) is 0 Å². The molecule has 7 heteroatoms. The molecule has 2 aromatic carbocycles. The third-order valence-corrected chi connectivity index (χ3v) is 6.72. The molecule has 0 aliphatic carbocycles. The van der Waals surface area contributed by atoms with E-state index in [4.69, 9.17) is 4.84 Å². The highest BCUT2D eigenvalue weighted by Crippen LogP contribution is 2.35. The molecule has 1 fully saturated rings. The summed E-state index contributed by atoms with van der Waals surface area (Å²) in [7, 11) is 2.14. The monoisotopic (exact) mass is 459 g/mol. The molecule has 0 saturated carbocycles. The normalized spacial score (nSPS) is 25.3. The minimum absolute atomic E-state index is 0.00546. The molecule has 2 aliphatic heterocycles. The van der Waals surface area contributed by atoms with E-state index in [9.17, 15) is 13.2 Å². The number of hydrogen-bond donors (Lipinski definition) is 1. The number of benzene rings is 2. The van der Waals surface area contributed by atoms with Gasteiger partial charge in [0.15, 0.2) is 0 Å². The van der Waals surface area contributed by atoms with E-state index in [1.54, 1.807) is 6.07 Å². The molecule has 33 heavy (non-hydrogen) atoms. The van der Waals surface area contributed by atoms with Crippen molar-refractivity contribution in [3.63, 3.8) is 0 Å². The highest BCUT2D eigenvalue weighted by Gasteiger charge is 2.35. The molecule has 0 amide bonds. The van der Waals surface area contributed by atoms with Gasteiger partial charge in [0.25, 0.3) is 0 Å². The zero-order valence-electron chi connectivity index (χ0n) is 19.4. The van der Waals surface area contributed by atoms with Crippen molar-refractivity contribution in [2.75, 3.05) is 26.7 Å². The zero-order valence-corrected chi connectivity index (χ0v) is 19.4. The molecular weight excluding hydrogens is 427 g/mol. The second-order valence-electron chi connectivity index (χ2n) is 9.18. The summed E-state index contributed by atoms with van der Waals surface area (Å²) >= 11 is 0. The Morgan fingerprint density at radius 1 is 1.03 bits per heavy atom. The summed E-state index contributed by atoms with van der Waals surface area (Å²) in [4.78, 5) is 8.38. The van der Waals surface area contributed by atoms with Gasteiger partial charge in [0.05, 0.1) is 18.2 Å². The molecule has 1 saturated heterocycles. The van der Waals surface area contributed by atoms with Gasteiger partial charge in [-0.05, 0) is 75.2 Å². The van der Waals surface area contributed by atoms with Crippen LogP contribution in [-0.2, 0) is 6.18 Å². The summed E-state index contributed by atoms with van der Waals surface area (Å²) in [6.45, 7) is 6.75. The number of likely N-dealkylation sites (N-methyl/N-ethyl adjacent to an activating group) is 1. The van der Waals surface area contributed by atoms with Crippen LogP contribution in [0.5, 0.6) is 5.75 Å². The van der Waals surface area contributed by atoms with Gasteiger partial charge >= 0.3 is 6.18 Å². The number of likely N-dealkylation sites (tertiary alicyclic amines) is 1. The maximum atomic E-state index is 13.2. The van der Waals surface area contributed by atoms with Crippen LogP contribution < -0.4 is 10.2 Å². The maximum absolute atomic E-state index is 13.2. The van der Waals surface area contributed by atoms with Gasteiger partial charge in [-0.3, -0.25) is 0 Å². The van der Waals surface area contributed by atoms with Gasteiger partial charge in [0, 0.05) is 18.6 Å². The molecule has 3 atom stereocenters. The van der Waals surface area contributed by atoms with Crippen LogP contribution in [0.15, 0.2) is 60.2 Å². The maximum Gasteiger partial charge on any atom is 0.416 e. The third-order valence-electron chi connectivity index (χ3n) is 6.72. The Bertz CT molecular complexity index is 976. The van der Waals surface area contributed by atoms with Crippen molar-refractivity contribution < 1.29 is 18.0 Å². The number of nitrogens with zero attached hydrogens (tertiary/aromatic N) is 2. The topological polar surface area (TPSA) is 27.7 Å². The van der Waals surface area contributed by atoms with Gasteiger partial charge in [0.2, 0.25) is 0 Å². The largest absolute Gasteiger partial charge is 0.416 e. The van der Waals surface area contributed by atoms with Crippen LogP contribution in [-0.4, -0.2) is 54.8 Å². The minimum atomic E-state index is -4.40. The van der Waals surface area contributed by atoms with Crippen LogP contribution in [0.4, 0.5) is 13.2 Å². The summed E-state index contributed by atoms with van der Waals surface area (Å²) < 4.78 is 39.6. The summed E-state index contributed by atoms with van der Waals surface area (Å²) in [6, 6.07) is 15.7. The first-order valence-electron chi connectivity index (χ1n) is 11.5. The second-order valence-corrected chi connectivity index (χ2v) is 9.18. The van der Waals surface area contributed by atoms with E-state index in [0.717, 1.165) is 43.6 Å². The molecule has 1 N–H and O–H groups in total. The average molecular weight is 460 g/mol. The first kappa shape index (κ1) is 23.8. The van der Waals surface area contributed by atoms with Gasteiger partial charge in [-0.1, -0.05) is 36.4 Å². The number of hydroxylamine groups is 2. The van der Waals surface area contributed by atoms with Gasteiger partial charge in [-0.2, -0.15) is 13.2 Å². The van der Waals surface area contributed by atoms with Crippen molar-refractivity contribution in [3.8, 4) is 5.75 Å². The Hall–Kier alpha value is -2.35. The number of halogens is 3. The second kappa shape index (κ2) is 9.87. The van der Waals surface area contributed by atoms with Gasteiger partial charge in [-0.25, -0.2) is 0 Å². The molecule has 178 valence electrons. The molecule has 0 spiro atoms. The predicted octanol–water partition coefficient (Wildman–Crippen LogP) is 5.23. The van der Waals surface area contributed by atoms with E-state index >= 15 is 0 Å². The highest BCUT2D eigenvalue weighted by atomic mass is 19.4. The van der Waals surface area contributed by atoms with Crippen molar-refractivity contribution in [1.29, 1.82) is 0 Å². The summed E-state index contributed by atoms with van der Waals surface area (Å²) in [5.74, 6) is 0.198. The fourth-order valence-corrected chi connectivity index (χ4v) is 4.90. The Balaban J connectivity index is 1.62. The summed E-state index contributed by atoms with van der Waals surface area (Å²) in [5, 5.41) is 5.64. The highest BCUT2D eigenvalue weighted by molar-refractivity contribution is 5.74. The SMILES string of the molecule is CC1=C(c2ccccc2)[C@@H](N[C@@H]2CCCN(C)C2)CN(Oc2cccc(C(F)(F)F)c2)[C@@H]1C. The van der Waals surface area contributed by atoms with Gasteiger partial charge < -0.3 is 15.1 Å². The predicted molar refractivity (Wildman–Crippen MR) is 125 cm³/mol. The molecule has 0 aromatic heterocycles. The van der Waals surface area contributed by atoms with Crippen molar-refractivity contribution in [1.82, 2.24) is 15.3 Å². The van der Waals surface area contributed by atoms with E-state index in [1.807, 2.05) is 30.2 Å². The van der Waals surface area contributed by atoms with Gasteiger partial charge in [0.1, 0.15) is 5.75 Å². The van der Waals surface area contributed by atoms with Crippen molar-refractivity contribution >= 4 is 5.57 Å². The lowest BCUT2D eigenvalue weighted by atomic mass is 9.86. The molecule has 2 heterocycles. The molecular formula is C26H32F3N3O. The van der Waals surface area contributed by atoms with E-state index in [0.29, 0.717) is 12.6 Å². The number of nitrogens with one attached hydrogen (secondary N) is 1. The standard InChI is InChI=1S/C26H32F3N3O/c1-18-19(2)32(33-23-13-7-11-21(15-23)26(27,28)29)17-24(25(18)20-9-5-4-6-10-20)30-22-12-8-14-31(3)16-22/h4-7,9-11,13,15,19,22,24,30H,8,12,14,16-17H2,1-3H3/t19-,22-,24+/m1/s1. The molecule has 2 aliphatic rings. The van der Waals surface area contributed by atoms with E-state index < -0.39 is 11.7 Å². The van der Waals surface area contributed by atoms with Crippen LogP contribution >= 0.6 is 0 Å². The lowest BCUT2D eigenvalue weighted by Gasteiger charge is -2.42. The third kappa shape index (κ3) is 5.60. The van der Waals surface area contributed by atoms with Crippen LogP contribution in [0.2, 0.25) is 0 Å². The molecule has 4 rings (SSSR count). The summed E-state index contributed by atoms with van der Waals surface area (Å²) in [6.07, 6.45) is -2.16. The summed E-state index contributed by atoms with van der Waals surface area (Å²) in [5.41, 5.74) is 2.87. The number of rotatable bonds is 5. The fraction of sp³-hybridized carbons (Fsp3) is 0.462. The van der Waals surface area contributed by atoms with Crippen molar-refractivity contribution in [2.45, 2.75) is 51.0 Å². The Labute approximate surface area is 194 Å². The molecule has 2 aromatic rings. The Morgan fingerprint density at radius 2 is 1.79 bits per heavy atom. The Kier molecular flexibility index (Phi) is 7.12. The van der Waals surface area contributed by atoms with Crippen LogP contribution in [0, 0.1) is 0 Å².